The van der Waals surface area contributed by atoms with Crippen LogP contribution < -0.4 is 14.8 Å². The summed E-state index contributed by atoms with van der Waals surface area (Å²) in [4.78, 5) is 28.9. The van der Waals surface area contributed by atoms with Crippen LogP contribution in [0.25, 0.3) is 0 Å². The molecule has 0 spiro atoms. The van der Waals surface area contributed by atoms with E-state index in [2.05, 4.69) is 21.2 Å². The highest BCUT2D eigenvalue weighted by Gasteiger charge is 2.30. The van der Waals surface area contributed by atoms with Crippen molar-refractivity contribution in [2.75, 3.05) is 19.8 Å². The third-order valence-electron chi connectivity index (χ3n) is 6.30. The molecule has 2 amide bonds. The van der Waals surface area contributed by atoms with E-state index in [1.807, 2.05) is 79.7 Å². The van der Waals surface area contributed by atoms with E-state index in [-0.39, 0.29) is 18.2 Å². The lowest BCUT2D eigenvalue weighted by Crippen LogP contribution is -2.50. The van der Waals surface area contributed by atoms with Gasteiger partial charge in [-0.3, -0.25) is 9.59 Å². The van der Waals surface area contributed by atoms with Gasteiger partial charge in [-0.15, -0.1) is 0 Å². The van der Waals surface area contributed by atoms with Crippen molar-refractivity contribution < 1.29 is 19.1 Å². The average Bonchev–Trinajstić information content (AvgIpc) is 2.92. The van der Waals surface area contributed by atoms with Gasteiger partial charge in [0, 0.05) is 30.4 Å². The topological polar surface area (TPSA) is 67.9 Å². The van der Waals surface area contributed by atoms with Crippen LogP contribution in [-0.4, -0.2) is 42.5 Å². The van der Waals surface area contributed by atoms with E-state index < -0.39 is 6.04 Å². The Labute approximate surface area is 227 Å². The molecule has 1 aliphatic rings. The number of nitrogens with zero attached hydrogens (tertiary/aromatic N) is 1. The summed E-state index contributed by atoms with van der Waals surface area (Å²) in [7, 11) is 0. The Morgan fingerprint density at radius 2 is 1.68 bits per heavy atom. The summed E-state index contributed by atoms with van der Waals surface area (Å²) in [6.07, 6.45) is 2.09. The number of rotatable bonds is 11. The molecule has 0 saturated heterocycles. The highest BCUT2D eigenvalue weighted by Crippen LogP contribution is 2.31. The van der Waals surface area contributed by atoms with Crippen LogP contribution in [0.3, 0.4) is 0 Å². The maximum atomic E-state index is 13.8. The molecule has 4 rings (SSSR count). The number of fused-ring (bicyclic) bond motifs is 1. The minimum atomic E-state index is -0.624. The number of hydrogen-bond donors (Lipinski definition) is 1. The van der Waals surface area contributed by atoms with Crippen LogP contribution in [0.1, 0.15) is 36.5 Å². The van der Waals surface area contributed by atoms with E-state index in [1.165, 1.54) is 0 Å². The molecular weight excluding hydrogens is 532 g/mol. The second-order valence-corrected chi connectivity index (χ2v) is 10.0. The van der Waals surface area contributed by atoms with Gasteiger partial charge in [0.05, 0.1) is 0 Å². The quantitative estimate of drug-likeness (QED) is 0.342. The number of halogens is 1. The minimum absolute atomic E-state index is 0.0672. The van der Waals surface area contributed by atoms with Gasteiger partial charge in [-0.05, 0) is 53.8 Å². The Morgan fingerprint density at radius 3 is 2.43 bits per heavy atom. The monoisotopic (exact) mass is 564 g/mol. The van der Waals surface area contributed by atoms with Crippen LogP contribution in [0.15, 0.2) is 77.3 Å². The summed E-state index contributed by atoms with van der Waals surface area (Å²) >= 11 is 3.53. The maximum absolute atomic E-state index is 13.8. The molecule has 1 aliphatic heterocycles. The van der Waals surface area contributed by atoms with Crippen LogP contribution in [0.5, 0.6) is 11.5 Å². The first-order valence-electron chi connectivity index (χ1n) is 12.8. The van der Waals surface area contributed by atoms with Crippen LogP contribution in [-0.2, 0) is 29.0 Å². The summed E-state index contributed by atoms with van der Waals surface area (Å²) < 4.78 is 12.3. The number of benzene rings is 3. The fourth-order valence-electron chi connectivity index (χ4n) is 4.39. The first kappa shape index (κ1) is 26.7. The molecule has 6 nitrogen and oxygen atoms in total. The first-order chi connectivity index (χ1) is 18.0. The van der Waals surface area contributed by atoms with Crippen LogP contribution >= 0.6 is 15.9 Å². The van der Waals surface area contributed by atoms with E-state index in [0.717, 1.165) is 33.3 Å². The van der Waals surface area contributed by atoms with Crippen LogP contribution in [0, 0.1) is 0 Å². The van der Waals surface area contributed by atoms with E-state index in [4.69, 9.17) is 9.47 Å². The fourth-order valence-corrected chi connectivity index (χ4v) is 4.84. The van der Waals surface area contributed by atoms with Gasteiger partial charge in [-0.1, -0.05) is 71.4 Å². The van der Waals surface area contributed by atoms with Gasteiger partial charge in [0.2, 0.25) is 11.8 Å². The molecule has 1 atom stereocenters. The maximum Gasteiger partial charge on any atom is 0.243 e. The second kappa shape index (κ2) is 13.3. The van der Waals surface area contributed by atoms with Gasteiger partial charge in [-0.2, -0.15) is 0 Å². The molecule has 0 saturated carbocycles. The summed E-state index contributed by atoms with van der Waals surface area (Å²) in [6, 6.07) is 22.9. The Morgan fingerprint density at radius 1 is 0.919 bits per heavy atom. The summed E-state index contributed by atoms with van der Waals surface area (Å²) in [5.74, 6) is 1.24. The Balaban J connectivity index is 1.58. The van der Waals surface area contributed by atoms with Gasteiger partial charge in [-0.25, -0.2) is 0 Å². The number of nitrogens with one attached hydrogen (secondary N) is 1. The number of hydrogen-bond acceptors (Lipinski definition) is 4. The molecule has 0 aromatic heterocycles. The molecule has 0 radical (unpaired) electrons. The van der Waals surface area contributed by atoms with Gasteiger partial charge < -0.3 is 19.7 Å². The zero-order chi connectivity index (χ0) is 26.0. The van der Waals surface area contributed by atoms with Crippen molar-refractivity contribution in [1.29, 1.82) is 0 Å². The van der Waals surface area contributed by atoms with E-state index >= 15 is 0 Å². The predicted octanol–water partition coefficient (Wildman–Crippen LogP) is 5.32. The lowest BCUT2D eigenvalue weighted by Gasteiger charge is -2.32. The van der Waals surface area contributed by atoms with E-state index in [1.54, 1.807) is 4.90 Å². The van der Waals surface area contributed by atoms with Crippen molar-refractivity contribution in [1.82, 2.24) is 10.2 Å². The molecular formula is C30H33BrN2O4. The highest BCUT2D eigenvalue weighted by molar-refractivity contribution is 9.10. The van der Waals surface area contributed by atoms with Crippen molar-refractivity contribution in [2.24, 2.45) is 0 Å². The van der Waals surface area contributed by atoms with Gasteiger partial charge >= 0.3 is 0 Å². The SMILES string of the molecule is CCCNC(=O)C(Cc1ccccc1)N(Cc1cccc(Br)c1)C(=O)CCc1ccc2c(c1)OCCO2. The smallest absolute Gasteiger partial charge is 0.243 e. The third kappa shape index (κ3) is 7.59. The molecule has 0 aliphatic carbocycles. The highest BCUT2D eigenvalue weighted by atomic mass is 79.9. The van der Waals surface area contributed by atoms with Crippen molar-refractivity contribution in [3.8, 4) is 11.5 Å². The fraction of sp³-hybridized carbons (Fsp3) is 0.333. The van der Waals surface area contributed by atoms with E-state index in [0.29, 0.717) is 44.9 Å². The number of ether oxygens (including phenoxy) is 2. The first-order valence-corrected chi connectivity index (χ1v) is 13.6. The summed E-state index contributed by atoms with van der Waals surface area (Å²) in [5, 5.41) is 3.02. The normalized spacial score (nSPS) is 13.0. The van der Waals surface area contributed by atoms with Crippen molar-refractivity contribution in [3.63, 3.8) is 0 Å². The van der Waals surface area contributed by atoms with Crippen molar-refractivity contribution >= 4 is 27.7 Å². The standard InChI is InChI=1S/C30H33BrN2O4/c1-2-15-32-30(35)26(19-22-7-4-3-5-8-22)33(21-24-9-6-10-25(31)18-24)29(34)14-12-23-11-13-27-28(20-23)37-17-16-36-27/h3-11,13,18,20,26H,2,12,14-17,19,21H2,1H3,(H,32,35). The number of carbonyl (C=O) groups is 2. The number of amides is 2. The summed E-state index contributed by atoms with van der Waals surface area (Å²) in [5.41, 5.74) is 2.97. The Hall–Kier alpha value is -3.32. The molecule has 3 aromatic rings. The lowest BCUT2D eigenvalue weighted by molar-refractivity contribution is -0.141. The largest absolute Gasteiger partial charge is 0.486 e. The summed E-state index contributed by atoms with van der Waals surface area (Å²) in [6.45, 7) is 3.99. The number of aryl methyl sites for hydroxylation is 1. The molecule has 37 heavy (non-hydrogen) atoms. The molecule has 1 N–H and O–H groups in total. The molecule has 1 heterocycles. The lowest BCUT2D eigenvalue weighted by atomic mass is 10.0. The van der Waals surface area contributed by atoms with Gasteiger partial charge in [0.1, 0.15) is 19.3 Å². The van der Waals surface area contributed by atoms with Crippen LogP contribution in [0.2, 0.25) is 0 Å². The van der Waals surface area contributed by atoms with Crippen LogP contribution in [0.4, 0.5) is 0 Å². The Kier molecular flexibility index (Phi) is 9.60. The Bertz CT molecular complexity index is 1200. The second-order valence-electron chi connectivity index (χ2n) is 9.13. The third-order valence-corrected chi connectivity index (χ3v) is 6.79. The molecule has 3 aromatic carbocycles. The minimum Gasteiger partial charge on any atom is -0.486 e. The molecule has 194 valence electrons. The molecule has 0 bridgehead atoms. The van der Waals surface area contributed by atoms with Crippen molar-refractivity contribution in [3.05, 3.63) is 94.0 Å². The zero-order valence-electron chi connectivity index (χ0n) is 21.1. The zero-order valence-corrected chi connectivity index (χ0v) is 22.7. The molecule has 0 fully saturated rings. The average molecular weight is 566 g/mol. The number of carbonyl (C=O) groups excluding carboxylic acids is 2. The predicted molar refractivity (Wildman–Crippen MR) is 148 cm³/mol. The van der Waals surface area contributed by atoms with Gasteiger partial charge in [0.25, 0.3) is 0 Å². The van der Waals surface area contributed by atoms with Crippen molar-refractivity contribution in [2.45, 2.75) is 45.2 Å². The molecule has 7 heteroatoms. The van der Waals surface area contributed by atoms with Gasteiger partial charge in [0.15, 0.2) is 11.5 Å². The molecule has 1 unspecified atom stereocenters. The van der Waals surface area contributed by atoms with E-state index in [9.17, 15) is 9.59 Å².